The van der Waals surface area contributed by atoms with Crippen LogP contribution in [0.4, 0.5) is 0 Å². The van der Waals surface area contributed by atoms with Crippen molar-refractivity contribution in [1.82, 2.24) is 0 Å². The number of benzene rings is 1. The molecule has 1 aromatic rings. The molecular formula is C9H13CrO5-. The molecule has 1 aromatic carbocycles. The topological polar surface area (TPSA) is 121 Å². The Hall–Kier alpha value is -0.898. The summed E-state index contributed by atoms with van der Waals surface area (Å²) in [6.45, 7) is -0.393. The second-order valence-electron chi connectivity index (χ2n) is 2.39. The van der Waals surface area contributed by atoms with Gasteiger partial charge < -0.3 is 21.2 Å². The Morgan fingerprint density at radius 1 is 1.40 bits per heavy atom. The van der Waals surface area contributed by atoms with Crippen LogP contribution in [-0.2, 0) is 22.2 Å². The van der Waals surface area contributed by atoms with E-state index < -0.39 is 18.5 Å². The number of rotatable bonds is 3. The van der Waals surface area contributed by atoms with Crippen LogP contribution in [0.25, 0.3) is 0 Å². The molecule has 5 nitrogen and oxygen atoms in total. The zero-order valence-corrected chi connectivity index (χ0v) is 9.08. The van der Waals surface area contributed by atoms with Crippen LogP contribution in [0.1, 0.15) is 11.5 Å². The van der Waals surface area contributed by atoms with E-state index in [0.29, 0.717) is 5.56 Å². The molecule has 0 saturated heterocycles. The van der Waals surface area contributed by atoms with Gasteiger partial charge in [-0.3, -0.25) is 4.79 Å². The molecule has 0 aromatic heterocycles. The molecule has 1 unspecified atom stereocenters. The summed E-state index contributed by atoms with van der Waals surface area (Å²) >= 11 is 0. The molecule has 0 fully saturated rings. The van der Waals surface area contributed by atoms with Gasteiger partial charge in [0.15, 0.2) is 0 Å². The first kappa shape index (κ1) is 19.6. The molecule has 0 aliphatic heterocycles. The van der Waals surface area contributed by atoms with E-state index in [1.807, 2.05) is 0 Å². The summed E-state index contributed by atoms with van der Waals surface area (Å²) in [6, 6.07) is 9.49. The van der Waals surface area contributed by atoms with Crippen LogP contribution in [0.15, 0.2) is 24.3 Å². The average molecular weight is 253 g/mol. The van der Waals surface area contributed by atoms with Crippen LogP contribution in [0, 0.1) is 6.07 Å². The van der Waals surface area contributed by atoms with E-state index in [-0.39, 0.29) is 28.3 Å². The van der Waals surface area contributed by atoms with Crippen LogP contribution >= 0.6 is 0 Å². The molecule has 0 aliphatic rings. The van der Waals surface area contributed by atoms with Crippen molar-refractivity contribution in [2.75, 3.05) is 6.61 Å². The molecule has 1 rings (SSSR count). The summed E-state index contributed by atoms with van der Waals surface area (Å²) < 4.78 is 0. The third-order valence-corrected chi connectivity index (χ3v) is 1.59. The Morgan fingerprint density at radius 3 is 2.33 bits per heavy atom. The number of carboxylic acid groups (broad SMARTS) is 1. The van der Waals surface area contributed by atoms with E-state index >= 15 is 0 Å². The molecule has 0 amide bonds. The summed E-state index contributed by atoms with van der Waals surface area (Å²) in [6.07, 6.45) is 0. The first-order chi connectivity index (χ1) is 5.75. The Labute approximate surface area is 98.1 Å². The van der Waals surface area contributed by atoms with Gasteiger partial charge in [-0.25, -0.2) is 0 Å². The molecule has 6 N–H and O–H groups in total. The predicted octanol–water partition coefficient (Wildman–Crippen LogP) is -1.00. The summed E-state index contributed by atoms with van der Waals surface area (Å²) in [4.78, 5) is 10.6. The normalized spacial score (nSPS) is 9.93. The van der Waals surface area contributed by atoms with E-state index in [2.05, 4.69) is 6.07 Å². The standard InChI is InChI=1S/C9H9O3.Cr.2H2O/c10-6-8(9(11)12)7-4-2-1-3-5-7;;;/h1-4,8,10H,6H2,(H,11,12);;2*1H2/q-1;;;. The van der Waals surface area contributed by atoms with Gasteiger partial charge in [0.2, 0.25) is 0 Å². The van der Waals surface area contributed by atoms with Crippen molar-refractivity contribution < 1.29 is 43.3 Å². The van der Waals surface area contributed by atoms with Crippen molar-refractivity contribution >= 4 is 5.97 Å². The second-order valence-corrected chi connectivity index (χ2v) is 2.39. The summed E-state index contributed by atoms with van der Waals surface area (Å²) in [5.74, 6) is -1.88. The van der Waals surface area contributed by atoms with Crippen LogP contribution in [-0.4, -0.2) is 33.7 Å². The largest absolute Gasteiger partial charge is 0.481 e. The molecule has 0 spiro atoms. The van der Waals surface area contributed by atoms with Gasteiger partial charge in [-0.15, -0.1) is 5.56 Å². The minimum atomic E-state index is -1.03. The first-order valence-corrected chi connectivity index (χ1v) is 3.56. The smallest absolute Gasteiger partial charge is 0.311 e. The zero-order valence-electron chi connectivity index (χ0n) is 7.80. The fourth-order valence-electron chi connectivity index (χ4n) is 0.933. The van der Waals surface area contributed by atoms with Crippen molar-refractivity contribution in [2.45, 2.75) is 5.92 Å². The number of carbonyl (C=O) groups is 1. The fraction of sp³-hybridized carbons (Fsp3) is 0.222. The summed E-state index contributed by atoms with van der Waals surface area (Å²) in [5.41, 5.74) is 0.507. The molecule has 0 heterocycles. The van der Waals surface area contributed by atoms with Gasteiger partial charge >= 0.3 is 5.97 Å². The quantitative estimate of drug-likeness (QED) is 0.671. The average Bonchev–Trinajstić information content (AvgIpc) is 2.07. The molecular weight excluding hydrogens is 240 g/mol. The van der Waals surface area contributed by atoms with E-state index in [0.717, 1.165) is 0 Å². The van der Waals surface area contributed by atoms with Gasteiger partial charge in [-0.1, -0.05) is 0 Å². The van der Waals surface area contributed by atoms with E-state index in [1.165, 1.54) is 0 Å². The Kier molecular flexibility index (Phi) is 12.6. The van der Waals surface area contributed by atoms with Crippen molar-refractivity contribution in [2.24, 2.45) is 0 Å². The van der Waals surface area contributed by atoms with Crippen molar-refractivity contribution in [3.8, 4) is 0 Å². The first-order valence-electron chi connectivity index (χ1n) is 3.56. The third kappa shape index (κ3) is 5.52. The number of hydrogen-bond donors (Lipinski definition) is 2. The molecule has 1 atom stereocenters. The van der Waals surface area contributed by atoms with Gasteiger partial charge in [-0.2, -0.15) is 30.3 Å². The van der Waals surface area contributed by atoms with Crippen LogP contribution in [0.5, 0.6) is 0 Å². The number of aliphatic hydroxyl groups is 1. The Morgan fingerprint density at radius 2 is 2.00 bits per heavy atom. The van der Waals surface area contributed by atoms with Crippen molar-refractivity contribution in [3.05, 3.63) is 35.9 Å². The minimum absolute atomic E-state index is 0. The third-order valence-electron chi connectivity index (χ3n) is 1.59. The maximum absolute atomic E-state index is 10.6. The van der Waals surface area contributed by atoms with Crippen LogP contribution in [0.3, 0.4) is 0 Å². The monoisotopic (exact) mass is 253 g/mol. The number of hydrogen-bond acceptors (Lipinski definition) is 2. The SMILES string of the molecule is O.O.O=C(O)C(CO)c1[c-]cccc1.[Cr]. The molecule has 15 heavy (non-hydrogen) atoms. The van der Waals surface area contributed by atoms with Crippen LogP contribution in [0.2, 0.25) is 0 Å². The molecule has 86 valence electrons. The number of carboxylic acids is 1. The molecule has 0 bridgehead atoms. The Bertz CT molecular complexity index is 264. The number of aliphatic carboxylic acids is 1. The summed E-state index contributed by atoms with van der Waals surface area (Å²) in [7, 11) is 0. The zero-order chi connectivity index (χ0) is 8.97. The predicted molar refractivity (Wildman–Crippen MR) is 50.0 cm³/mol. The minimum Gasteiger partial charge on any atom is -0.481 e. The fourth-order valence-corrected chi connectivity index (χ4v) is 0.933. The maximum atomic E-state index is 10.6. The van der Waals surface area contributed by atoms with Gasteiger partial charge in [0, 0.05) is 17.4 Å². The summed E-state index contributed by atoms with van der Waals surface area (Å²) in [5, 5.41) is 17.4. The van der Waals surface area contributed by atoms with Crippen molar-refractivity contribution in [3.63, 3.8) is 0 Å². The molecule has 0 saturated carbocycles. The second kappa shape index (κ2) is 9.65. The Balaban J connectivity index is -0.000000480. The van der Waals surface area contributed by atoms with E-state index in [1.54, 1.807) is 24.3 Å². The van der Waals surface area contributed by atoms with Gasteiger partial charge in [-0.05, 0) is 0 Å². The van der Waals surface area contributed by atoms with Crippen molar-refractivity contribution in [1.29, 1.82) is 0 Å². The number of aliphatic hydroxyl groups excluding tert-OH is 1. The maximum Gasteiger partial charge on any atom is 0.311 e. The molecule has 6 heteroatoms. The van der Waals surface area contributed by atoms with Gasteiger partial charge in [0.05, 0.1) is 12.5 Å². The van der Waals surface area contributed by atoms with Gasteiger partial charge in [0.1, 0.15) is 0 Å². The van der Waals surface area contributed by atoms with Gasteiger partial charge in [0.25, 0.3) is 0 Å². The van der Waals surface area contributed by atoms with E-state index in [4.69, 9.17) is 10.2 Å². The molecule has 0 radical (unpaired) electrons. The molecule has 0 aliphatic carbocycles. The van der Waals surface area contributed by atoms with E-state index in [9.17, 15) is 4.79 Å². The van der Waals surface area contributed by atoms with Crippen LogP contribution < -0.4 is 0 Å².